The number of fused-ring (bicyclic) bond motifs is 5. The van der Waals surface area contributed by atoms with E-state index in [1.807, 2.05) is 0 Å². The van der Waals surface area contributed by atoms with Crippen LogP contribution in [0.25, 0.3) is 0 Å². The molecule has 0 nitrogen and oxygen atoms in total. The van der Waals surface area contributed by atoms with E-state index in [9.17, 15) is 0 Å². The van der Waals surface area contributed by atoms with Crippen LogP contribution in [0.2, 0.25) is 4.09 Å². The van der Waals surface area contributed by atoms with Gasteiger partial charge in [0, 0.05) is 0 Å². The quantitative estimate of drug-likeness (QED) is 0.474. The van der Waals surface area contributed by atoms with Crippen molar-refractivity contribution in [3.63, 3.8) is 0 Å². The maximum absolute atomic E-state index is 2.53. The van der Waals surface area contributed by atoms with Gasteiger partial charge in [0.05, 0.1) is 0 Å². The van der Waals surface area contributed by atoms with E-state index in [-0.39, 0.29) is 0 Å². The Morgan fingerprint density at radius 2 is 1.75 bits per heavy atom. The molecule has 0 heterocycles. The van der Waals surface area contributed by atoms with E-state index in [1.165, 1.54) is 44.9 Å². The van der Waals surface area contributed by atoms with E-state index in [0.29, 0.717) is 0 Å². The first-order chi connectivity index (χ1) is 5.71. The molecule has 2 bridgehead atoms. The third-order valence-corrected chi connectivity index (χ3v) is 4.69. The molecule has 0 N–H and O–H groups in total. The monoisotopic (exact) mass is 158 g/mol. The molecular formula is C11H19Li. The van der Waals surface area contributed by atoms with Gasteiger partial charge in [-0.25, -0.2) is 0 Å². The third kappa shape index (κ3) is 1.61. The zero-order valence-corrected chi connectivity index (χ0v) is 8.60. The summed E-state index contributed by atoms with van der Waals surface area (Å²) in [5.41, 5.74) is 0. The Balaban J connectivity index is 2.11. The average molecular weight is 158 g/mol. The number of hydrogen-bond donors (Lipinski definition) is 0. The van der Waals surface area contributed by atoms with Crippen LogP contribution in [0.3, 0.4) is 0 Å². The Hall–Kier alpha value is 0.597. The van der Waals surface area contributed by atoms with Crippen LogP contribution in [0.15, 0.2) is 0 Å². The molecule has 3 aliphatic rings. The van der Waals surface area contributed by atoms with Crippen molar-refractivity contribution in [1.82, 2.24) is 0 Å². The van der Waals surface area contributed by atoms with Crippen LogP contribution in [-0.4, -0.2) is 17.7 Å². The number of hydrogen-bond acceptors (Lipinski definition) is 0. The van der Waals surface area contributed by atoms with Crippen molar-refractivity contribution in [1.29, 1.82) is 0 Å². The average Bonchev–Trinajstić information content (AvgIpc) is 2.06. The first kappa shape index (κ1) is 9.16. The van der Waals surface area contributed by atoms with E-state index in [2.05, 4.69) is 24.6 Å². The summed E-state index contributed by atoms with van der Waals surface area (Å²) in [7, 11) is 0. The third-order valence-electron chi connectivity index (χ3n) is 4.69. The summed E-state index contributed by atoms with van der Waals surface area (Å²) >= 11 is 2.53. The van der Waals surface area contributed by atoms with Crippen LogP contribution in [0.4, 0.5) is 0 Å². The molecule has 3 saturated carbocycles. The molecule has 3 fully saturated rings. The Kier molecular flexibility index (Phi) is 2.59. The standard InChI is InChI=1S/C11H19.Li/c1-9-3-2-4-10-5-7-11(9)8-6-10;/h9-10H,2-8H2,1H3;. The van der Waals surface area contributed by atoms with Crippen LogP contribution in [0.1, 0.15) is 51.9 Å². The van der Waals surface area contributed by atoms with Crippen molar-refractivity contribution in [3.05, 3.63) is 0 Å². The van der Waals surface area contributed by atoms with Gasteiger partial charge in [0.2, 0.25) is 0 Å². The van der Waals surface area contributed by atoms with Crippen LogP contribution in [-0.2, 0) is 0 Å². The second-order valence-corrected chi connectivity index (χ2v) is 5.43. The van der Waals surface area contributed by atoms with E-state index in [4.69, 9.17) is 0 Å². The Morgan fingerprint density at radius 1 is 1.08 bits per heavy atom. The van der Waals surface area contributed by atoms with E-state index < -0.39 is 0 Å². The second-order valence-electron chi connectivity index (χ2n) is 5.43. The molecule has 0 aromatic heterocycles. The first-order valence-corrected chi connectivity index (χ1v) is 5.71. The topological polar surface area (TPSA) is 0 Å². The molecular weight excluding hydrogens is 139 g/mol. The van der Waals surface area contributed by atoms with Gasteiger partial charge >= 0.3 is 85.5 Å². The van der Waals surface area contributed by atoms with E-state index >= 15 is 0 Å². The van der Waals surface area contributed by atoms with Crippen molar-refractivity contribution >= 4 is 17.7 Å². The van der Waals surface area contributed by atoms with Crippen LogP contribution in [0, 0.1) is 11.8 Å². The van der Waals surface area contributed by atoms with Crippen molar-refractivity contribution < 1.29 is 0 Å². The predicted octanol–water partition coefficient (Wildman–Crippen LogP) is 3.32. The number of rotatable bonds is 0. The summed E-state index contributed by atoms with van der Waals surface area (Å²) in [5.74, 6) is 2.09. The molecule has 3 aliphatic carbocycles. The molecule has 0 aromatic rings. The fourth-order valence-corrected chi connectivity index (χ4v) is 3.18. The Bertz CT molecular complexity index is 156. The van der Waals surface area contributed by atoms with Gasteiger partial charge in [-0.3, -0.25) is 0 Å². The summed E-state index contributed by atoms with van der Waals surface area (Å²) in [6.07, 6.45) is 10.6. The molecule has 0 aromatic carbocycles. The molecule has 64 valence electrons. The van der Waals surface area contributed by atoms with Crippen LogP contribution < -0.4 is 0 Å². The Morgan fingerprint density at radius 3 is 2.42 bits per heavy atom. The summed E-state index contributed by atoms with van der Waals surface area (Å²) < 4.78 is 0.719. The second kappa shape index (κ2) is 3.39. The Labute approximate surface area is 85.7 Å². The molecule has 0 amide bonds. The fourth-order valence-electron chi connectivity index (χ4n) is 3.18. The van der Waals surface area contributed by atoms with Crippen molar-refractivity contribution in [3.8, 4) is 0 Å². The van der Waals surface area contributed by atoms with E-state index in [1.54, 1.807) is 0 Å². The molecule has 1 heteroatoms. The first-order valence-electron chi connectivity index (χ1n) is 5.71. The van der Waals surface area contributed by atoms with Crippen LogP contribution >= 0.6 is 0 Å². The molecule has 0 spiro atoms. The van der Waals surface area contributed by atoms with Gasteiger partial charge in [0.15, 0.2) is 0 Å². The molecule has 1 unspecified atom stereocenters. The summed E-state index contributed by atoms with van der Waals surface area (Å²) in [6, 6.07) is 0. The molecule has 12 heavy (non-hydrogen) atoms. The predicted molar refractivity (Wildman–Crippen MR) is 53.4 cm³/mol. The molecule has 0 aliphatic heterocycles. The zero-order valence-electron chi connectivity index (χ0n) is 8.60. The summed E-state index contributed by atoms with van der Waals surface area (Å²) in [5, 5.41) is 0. The van der Waals surface area contributed by atoms with E-state index in [0.717, 1.165) is 15.9 Å². The van der Waals surface area contributed by atoms with Crippen molar-refractivity contribution in [2.45, 2.75) is 56.0 Å². The van der Waals surface area contributed by atoms with Gasteiger partial charge < -0.3 is 0 Å². The molecule has 0 radical (unpaired) electrons. The summed E-state index contributed by atoms with van der Waals surface area (Å²) in [6.45, 7) is 2.48. The normalized spacial score (nSPS) is 48.6. The van der Waals surface area contributed by atoms with Gasteiger partial charge in [0.1, 0.15) is 0 Å². The van der Waals surface area contributed by atoms with Crippen LogP contribution in [0.5, 0.6) is 0 Å². The minimum atomic E-state index is 0.719. The van der Waals surface area contributed by atoms with Gasteiger partial charge in [-0.2, -0.15) is 0 Å². The molecule has 1 atom stereocenters. The molecule has 3 rings (SSSR count). The SMILES string of the molecule is [Li][C]12CCC(CCCC1C)CC2. The van der Waals surface area contributed by atoms with Gasteiger partial charge in [0.25, 0.3) is 0 Å². The fraction of sp³-hybridized carbons (Fsp3) is 1.00. The van der Waals surface area contributed by atoms with Gasteiger partial charge in [-0.1, -0.05) is 0 Å². The summed E-state index contributed by atoms with van der Waals surface area (Å²) in [4.78, 5) is 0. The van der Waals surface area contributed by atoms with Gasteiger partial charge in [-0.15, -0.1) is 0 Å². The van der Waals surface area contributed by atoms with Crippen molar-refractivity contribution in [2.75, 3.05) is 0 Å². The zero-order chi connectivity index (χ0) is 8.60. The van der Waals surface area contributed by atoms with Crippen molar-refractivity contribution in [2.24, 2.45) is 11.8 Å². The van der Waals surface area contributed by atoms with Gasteiger partial charge in [-0.05, 0) is 0 Å². The molecule has 0 saturated heterocycles. The minimum absolute atomic E-state index is 0.719. The maximum atomic E-state index is 2.53.